The van der Waals surface area contributed by atoms with Gasteiger partial charge in [-0.25, -0.2) is 4.98 Å². The van der Waals surface area contributed by atoms with Crippen molar-refractivity contribution >= 4 is 34.4 Å². The van der Waals surface area contributed by atoms with Crippen LogP contribution in [0.4, 0.5) is 5.69 Å². The molecule has 0 saturated carbocycles. The van der Waals surface area contributed by atoms with Crippen LogP contribution in [0, 0.1) is 0 Å². The summed E-state index contributed by atoms with van der Waals surface area (Å²) in [6.07, 6.45) is 0. The van der Waals surface area contributed by atoms with Crippen molar-refractivity contribution in [1.29, 1.82) is 0 Å². The predicted molar refractivity (Wildman–Crippen MR) is 104 cm³/mol. The first-order chi connectivity index (χ1) is 12.7. The van der Waals surface area contributed by atoms with Gasteiger partial charge in [-0.1, -0.05) is 23.9 Å². The number of phenols is 1. The van der Waals surface area contributed by atoms with Gasteiger partial charge in [-0.05, 0) is 36.4 Å². The fraction of sp³-hybridized carbons (Fsp3) is 0.263. The van der Waals surface area contributed by atoms with Gasteiger partial charge in [-0.3, -0.25) is 4.79 Å². The molecule has 6 nitrogen and oxygen atoms in total. The van der Waals surface area contributed by atoms with E-state index in [-0.39, 0.29) is 11.7 Å². The van der Waals surface area contributed by atoms with Gasteiger partial charge in [0, 0.05) is 31.9 Å². The molecule has 0 bridgehead atoms. The Balaban J connectivity index is 1.30. The summed E-state index contributed by atoms with van der Waals surface area (Å²) in [7, 11) is 0. The van der Waals surface area contributed by atoms with Gasteiger partial charge >= 0.3 is 0 Å². The average Bonchev–Trinajstić information content (AvgIpc) is 3.10. The highest BCUT2D eigenvalue weighted by atomic mass is 32.2. The molecule has 1 aliphatic heterocycles. The Kier molecular flexibility index (Phi) is 4.71. The summed E-state index contributed by atoms with van der Waals surface area (Å²) in [5, 5.41) is 10.2. The Hall–Kier alpha value is -2.67. The molecule has 4 rings (SSSR count). The number of imidazole rings is 1. The number of thioether (sulfide) groups is 1. The number of carbonyl (C=O) groups is 1. The smallest absolute Gasteiger partial charge is 0.233 e. The van der Waals surface area contributed by atoms with E-state index in [1.165, 1.54) is 11.8 Å². The van der Waals surface area contributed by atoms with E-state index in [2.05, 4.69) is 14.9 Å². The normalized spacial score (nSPS) is 14.8. The lowest BCUT2D eigenvalue weighted by Gasteiger charge is -2.36. The molecular formula is C19H20N4O2S. The molecule has 7 heteroatoms. The molecule has 0 spiro atoms. The molecule has 0 aliphatic carbocycles. The third-order valence-electron chi connectivity index (χ3n) is 4.55. The SMILES string of the molecule is O=C(CSc1nc2ccccc2[nH]1)N1CCN(c2ccc(O)cc2)CC1. The van der Waals surface area contributed by atoms with Crippen molar-refractivity contribution in [1.82, 2.24) is 14.9 Å². The molecule has 134 valence electrons. The number of carbonyl (C=O) groups excluding carboxylic acids is 1. The number of benzene rings is 2. The number of anilines is 1. The molecule has 26 heavy (non-hydrogen) atoms. The Morgan fingerprint density at radius 3 is 2.54 bits per heavy atom. The molecule has 0 radical (unpaired) electrons. The van der Waals surface area contributed by atoms with Crippen LogP contribution in [0.2, 0.25) is 0 Å². The van der Waals surface area contributed by atoms with E-state index >= 15 is 0 Å². The summed E-state index contributed by atoms with van der Waals surface area (Å²) in [6, 6.07) is 15.1. The van der Waals surface area contributed by atoms with Gasteiger partial charge in [0.25, 0.3) is 0 Å². The molecule has 2 aromatic carbocycles. The van der Waals surface area contributed by atoms with Crippen molar-refractivity contribution in [3.63, 3.8) is 0 Å². The molecule has 1 amide bonds. The summed E-state index contributed by atoms with van der Waals surface area (Å²) in [6.45, 7) is 3.01. The summed E-state index contributed by atoms with van der Waals surface area (Å²) in [5.74, 6) is 0.796. The van der Waals surface area contributed by atoms with Crippen molar-refractivity contribution in [3.8, 4) is 5.75 Å². The Labute approximate surface area is 155 Å². The number of rotatable bonds is 4. The summed E-state index contributed by atoms with van der Waals surface area (Å²) in [4.78, 5) is 24.4. The lowest BCUT2D eigenvalue weighted by Crippen LogP contribution is -2.49. The predicted octanol–water partition coefficient (Wildman–Crippen LogP) is 2.71. The fourth-order valence-electron chi connectivity index (χ4n) is 3.10. The van der Waals surface area contributed by atoms with E-state index in [0.29, 0.717) is 18.8 Å². The van der Waals surface area contributed by atoms with Gasteiger partial charge in [0.05, 0.1) is 16.8 Å². The van der Waals surface area contributed by atoms with Crippen LogP contribution in [0.15, 0.2) is 53.7 Å². The Morgan fingerprint density at radius 2 is 1.81 bits per heavy atom. The third kappa shape index (κ3) is 3.62. The number of aromatic hydroxyl groups is 1. The van der Waals surface area contributed by atoms with E-state index in [0.717, 1.165) is 35.0 Å². The number of hydrogen-bond acceptors (Lipinski definition) is 5. The number of para-hydroxylation sites is 2. The number of fused-ring (bicyclic) bond motifs is 1. The highest BCUT2D eigenvalue weighted by Crippen LogP contribution is 2.22. The van der Waals surface area contributed by atoms with E-state index < -0.39 is 0 Å². The standard InChI is InChI=1S/C19H20N4O2S/c24-15-7-5-14(6-8-15)22-9-11-23(12-10-22)18(25)13-26-19-20-16-3-1-2-4-17(16)21-19/h1-8,24H,9-13H2,(H,20,21). The zero-order valence-corrected chi connectivity index (χ0v) is 15.1. The molecule has 2 N–H and O–H groups in total. The first kappa shape index (κ1) is 16.8. The second-order valence-corrected chi connectivity index (χ2v) is 7.20. The maximum atomic E-state index is 12.5. The largest absolute Gasteiger partial charge is 0.508 e. The minimum absolute atomic E-state index is 0.140. The molecule has 1 aliphatic rings. The number of nitrogens with one attached hydrogen (secondary N) is 1. The molecule has 1 fully saturated rings. The molecule has 1 saturated heterocycles. The van der Waals surface area contributed by atoms with Crippen molar-refractivity contribution in [2.75, 3.05) is 36.8 Å². The van der Waals surface area contributed by atoms with Crippen molar-refractivity contribution < 1.29 is 9.90 Å². The lowest BCUT2D eigenvalue weighted by atomic mass is 10.2. The number of piperazine rings is 1. The van der Waals surface area contributed by atoms with Crippen LogP contribution in [0.25, 0.3) is 11.0 Å². The monoisotopic (exact) mass is 368 g/mol. The maximum Gasteiger partial charge on any atom is 0.233 e. The van der Waals surface area contributed by atoms with Crippen LogP contribution in [-0.2, 0) is 4.79 Å². The van der Waals surface area contributed by atoms with Crippen LogP contribution >= 0.6 is 11.8 Å². The first-order valence-corrected chi connectivity index (χ1v) is 9.57. The van der Waals surface area contributed by atoms with E-state index in [9.17, 15) is 9.90 Å². The first-order valence-electron chi connectivity index (χ1n) is 8.58. The van der Waals surface area contributed by atoms with Crippen molar-refractivity contribution in [2.45, 2.75) is 5.16 Å². The van der Waals surface area contributed by atoms with Gasteiger partial charge in [-0.15, -0.1) is 0 Å². The minimum Gasteiger partial charge on any atom is -0.508 e. The number of aromatic nitrogens is 2. The second-order valence-electron chi connectivity index (χ2n) is 6.23. The number of H-pyrrole nitrogens is 1. The molecule has 0 atom stereocenters. The number of phenolic OH excluding ortho intramolecular Hbond substituents is 1. The van der Waals surface area contributed by atoms with Crippen molar-refractivity contribution in [2.24, 2.45) is 0 Å². The number of amides is 1. The Morgan fingerprint density at radius 1 is 1.08 bits per heavy atom. The third-order valence-corrected chi connectivity index (χ3v) is 5.41. The lowest BCUT2D eigenvalue weighted by molar-refractivity contribution is -0.128. The van der Waals surface area contributed by atoms with Crippen LogP contribution in [0.5, 0.6) is 5.75 Å². The topological polar surface area (TPSA) is 72.5 Å². The Bertz CT molecular complexity index is 868. The van der Waals surface area contributed by atoms with Gasteiger partial charge < -0.3 is 19.9 Å². The van der Waals surface area contributed by atoms with E-state index in [1.807, 2.05) is 41.3 Å². The van der Waals surface area contributed by atoms with Crippen LogP contribution < -0.4 is 4.90 Å². The number of hydrogen-bond donors (Lipinski definition) is 2. The van der Waals surface area contributed by atoms with Gasteiger partial charge in [-0.2, -0.15) is 0 Å². The zero-order chi connectivity index (χ0) is 17.9. The number of nitrogens with zero attached hydrogens (tertiary/aromatic N) is 3. The zero-order valence-electron chi connectivity index (χ0n) is 14.3. The van der Waals surface area contributed by atoms with Gasteiger partial charge in [0.2, 0.25) is 5.91 Å². The van der Waals surface area contributed by atoms with Crippen LogP contribution in [-0.4, -0.2) is 57.8 Å². The molecule has 0 unspecified atom stereocenters. The summed E-state index contributed by atoms with van der Waals surface area (Å²) in [5.41, 5.74) is 2.99. The molecule has 3 aromatic rings. The summed E-state index contributed by atoms with van der Waals surface area (Å²) < 4.78 is 0. The van der Waals surface area contributed by atoms with Crippen LogP contribution in [0.1, 0.15) is 0 Å². The number of aromatic amines is 1. The van der Waals surface area contributed by atoms with Crippen molar-refractivity contribution in [3.05, 3.63) is 48.5 Å². The fourth-order valence-corrected chi connectivity index (χ4v) is 3.88. The van der Waals surface area contributed by atoms with E-state index in [4.69, 9.17) is 0 Å². The summed E-state index contributed by atoms with van der Waals surface area (Å²) >= 11 is 1.45. The van der Waals surface area contributed by atoms with Crippen LogP contribution in [0.3, 0.4) is 0 Å². The highest BCUT2D eigenvalue weighted by molar-refractivity contribution is 7.99. The van der Waals surface area contributed by atoms with E-state index in [1.54, 1.807) is 12.1 Å². The quantitative estimate of drug-likeness (QED) is 0.693. The molecule has 2 heterocycles. The minimum atomic E-state index is 0.140. The molecular weight excluding hydrogens is 348 g/mol. The molecule has 1 aromatic heterocycles. The average molecular weight is 368 g/mol. The van der Waals surface area contributed by atoms with Gasteiger partial charge in [0.15, 0.2) is 5.16 Å². The highest BCUT2D eigenvalue weighted by Gasteiger charge is 2.21. The second kappa shape index (κ2) is 7.29. The maximum absolute atomic E-state index is 12.5. The van der Waals surface area contributed by atoms with Gasteiger partial charge in [0.1, 0.15) is 5.75 Å².